The van der Waals surface area contributed by atoms with Gasteiger partial charge >= 0.3 is 0 Å². The van der Waals surface area contributed by atoms with Crippen LogP contribution in [-0.4, -0.2) is 18.6 Å². The van der Waals surface area contributed by atoms with Crippen molar-refractivity contribution in [1.82, 2.24) is 5.32 Å². The smallest absolute Gasteiger partial charge is 0.263 e. The second-order valence-electron chi connectivity index (χ2n) is 4.86. The molecular formula is C15H15ClN2O2S. The summed E-state index contributed by atoms with van der Waals surface area (Å²) in [6.07, 6.45) is -0.530. The predicted octanol–water partition coefficient (Wildman–Crippen LogP) is 3.45. The molecule has 6 heteroatoms. The summed E-state index contributed by atoms with van der Waals surface area (Å²) in [6.45, 7) is 2.39. The molecule has 0 radical (unpaired) electrons. The first-order valence-electron chi connectivity index (χ1n) is 6.68. The Labute approximate surface area is 132 Å². The zero-order valence-corrected chi connectivity index (χ0v) is 13.0. The Morgan fingerprint density at radius 1 is 1.43 bits per heavy atom. The molecule has 3 rings (SSSR count). The van der Waals surface area contributed by atoms with E-state index in [-0.39, 0.29) is 11.9 Å². The van der Waals surface area contributed by atoms with Crippen LogP contribution in [0.15, 0.2) is 36.4 Å². The lowest BCUT2D eigenvalue weighted by Gasteiger charge is -2.27. The van der Waals surface area contributed by atoms with E-state index in [1.807, 2.05) is 43.3 Å². The number of hydrogen-bond acceptors (Lipinski definition) is 4. The van der Waals surface area contributed by atoms with Crippen LogP contribution in [0.5, 0.6) is 5.75 Å². The number of carbonyl (C=O) groups excluding carboxylic acids is 1. The van der Waals surface area contributed by atoms with Gasteiger partial charge < -0.3 is 15.4 Å². The van der Waals surface area contributed by atoms with Gasteiger partial charge in [0.1, 0.15) is 5.75 Å². The number of carbonyl (C=O) groups is 1. The van der Waals surface area contributed by atoms with E-state index in [9.17, 15) is 4.79 Å². The molecule has 0 bridgehead atoms. The minimum Gasteiger partial charge on any atom is -0.477 e. The van der Waals surface area contributed by atoms with E-state index in [1.54, 1.807) is 0 Å². The summed E-state index contributed by atoms with van der Waals surface area (Å²) < 4.78 is 6.46. The highest BCUT2D eigenvalue weighted by Crippen LogP contribution is 2.29. The molecule has 21 heavy (non-hydrogen) atoms. The molecule has 2 N–H and O–H groups in total. The summed E-state index contributed by atoms with van der Waals surface area (Å²) in [5.74, 6) is 0.574. The van der Waals surface area contributed by atoms with Gasteiger partial charge in [0.05, 0.1) is 22.6 Å². The molecule has 2 aromatic rings. The zero-order valence-electron chi connectivity index (χ0n) is 11.4. The number of ether oxygens (including phenoxy) is 1. The molecular weight excluding hydrogens is 308 g/mol. The van der Waals surface area contributed by atoms with E-state index >= 15 is 0 Å². The molecule has 2 heterocycles. The van der Waals surface area contributed by atoms with Gasteiger partial charge in [-0.15, -0.1) is 11.3 Å². The molecule has 110 valence electrons. The van der Waals surface area contributed by atoms with Crippen molar-refractivity contribution in [3.8, 4) is 5.75 Å². The number of amides is 1. The van der Waals surface area contributed by atoms with E-state index in [4.69, 9.17) is 16.3 Å². The quantitative estimate of drug-likeness (QED) is 0.910. The van der Waals surface area contributed by atoms with Gasteiger partial charge in [-0.3, -0.25) is 4.79 Å². The summed E-state index contributed by atoms with van der Waals surface area (Å²) in [5, 5.41) is 6.16. The van der Waals surface area contributed by atoms with Crippen LogP contribution in [0, 0.1) is 0 Å². The Morgan fingerprint density at radius 2 is 2.24 bits per heavy atom. The average molecular weight is 323 g/mol. The first-order chi connectivity index (χ1) is 10.1. The van der Waals surface area contributed by atoms with E-state index in [1.165, 1.54) is 11.3 Å². The SMILES string of the molecule is CC(NC(=O)C1CNc2ccccc2O1)c1ccc(Cl)s1. The molecule has 1 aliphatic rings. The molecule has 1 amide bonds. The topological polar surface area (TPSA) is 50.4 Å². The van der Waals surface area contributed by atoms with Crippen LogP contribution in [0.1, 0.15) is 17.8 Å². The third kappa shape index (κ3) is 3.14. The molecule has 2 atom stereocenters. The standard InChI is InChI=1S/C15H15ClN2O2S/c1-9(13-6-7-14(16)21-13)18-15(19)12-8-17-10-4-2-3-5-11(10)20-12/h2-7,9,12,17H,8H2,1H3,(H,18,19). The molecule has 1 aromatic carbocycles. The molecule has 0 aliphatic carbocycles. The Kier molecular flexibility index (Phi) is 4.03. The number of para-hydroxylation sites is 2. The Morgan fingerprint density at radius 3 is 3.00 bits per heavy atom. The van der Waals surface area contributed by atoms with Gasteiger partial charge in [0.2, 0.25) is 0 Å². The van der Waals surface area contributed by atoms with E-state index in [0.717, 1.165) is 14.9 Å². The first-order valence-corrected chi connectivity index (χ1v) is 7.88. The molecule has 0 fully saturated rings. The number of fused-ring (bicyclic) bond motifs is 1. The highest BCUT2D eigenvalue weighted by Gasteiger charge is 2.26. The highest BCUT2D eigenvalue weighted by atomic mass is 35.5. The van der Waals surface area contributed by atoms with Crippen molar-refractivity contribution in [3.05, 3.63) is 45.6 Å². The van der Waals surface area contributed by atoms with Crippen molar-refractivity contribution in [1.29, 1.82) is 0 Å². The van der Waals surface area contributed by atoms with Crippen LogP contribution in [0.3, 0.4) is 0 Å². The number of benzene rings is 1. The normalized spacial score (nSPS) is 18.1. The largest absolute Gasteiger partial charge is 0.477 e. The molecule has 4 nitrogen and oxygen atoms in total. The first kappa shape index (κ1) is 14.2. The number of thiophene rings is 1. The maximum atomic E-state index is 12.3. The fraction of sp³-hybridized carbons (Fsp3) is 0.267. The van der Waals surface area contributed by atoms with Crippen LogP contribution in [-0.2, 0) is 4.79 Å². The maximum absolute atomic E-state index is 12.3. The number of rotatable bonds is 3. The van der Waals surface area contributed by atoms with Crippen LogP contribution in [0.4, 0.5) is 5.69 Å². The second kappa shape index (κ2) is 5.95. The van der Waals surface area contributed by atoms with E-state index in [2.05, 4.69) is 10.6 Å². The van der Waals surface area contributed by atoms with Gasteiger partial charge in [-0.2, -0.15) is 0 Å². The van der Waals surface area contributed by atoms with Crippen LogP contribution >= 0.6 is 22.9 Å². The summed E-state index contributed by atoms with van der Waals surface area (Å²) in [4.78, 5) is 13.3. The second-order valence-corrected chi connectivity index (χ2v) is 6.60. The third-order valence-corrected chi connectivity index (χ3v) is 4.72. The monoisotopic (exact) mass is 322 g/mol. The fourth-order valence-corrected chi connectivity index (χ4v) is 3.26. The molecule has 0 saturated carbocycles. The molecule has 1 aromatic heterocycles. The molecule has 0 saturated heterocycles. The lowest BCUT2D eigenvalue weighted by atomic mass is 10.2. The number of hydrogen-bond donors (Lipinski definition) is 2. The minimum atomic E-state index is -0.530. The Balaban J connectivity index is 1.64. The van der Waals surface area contributed by atoms with Crippen LogP contribution in [0.25, 0.3) is 0 Å². The molecule has 0 spiro atoms. The van der Waals surface area contributed by atoms with Gasteiger partial charge in [-0.05, 0) is 31.2 Å². The highest BCUT2D eigenvalue weighted by molar-refractivity contribution is 7.16. The summed E-state index contributed by atoms with van der Waals surface area (Å²) in [5.41, 5.74) is 0.916. The van der Waals surface area contributed by atoms with Crippen molar-refractivity contribution in [3.63, 3.8) is 0 Å². The molecule has 2 unspecified atom stereocenters. The van der Waals surface area contributed by atoms with Crippen LogP contribution < -0.4 is 15.4 Å². The van der Waals surface area contributed by atoms with Gasteiger partial charge in [0, 0.05) is 4.88 Å². The summed E-state index contributed by atoms with van der Waals surface area (Å²) >= 11 is 7.38. The molecule has 1 aliphatic heterocycles. The number of nitrogens with one attached hydrogen (secondary N) is 2. The predicted molar refractivity (Wildman–Crippen MR) is 85.2 cm³/mol. The van der Waals surface area contributed by atoms with Gasteiger partial charge in [-0.1, -0.05) is 23.7 Å². The van der Waals surface area contributed by atoms with Crippen molar-refractivity contribution in [2.24, 2.45) is 0 Å². The lowest BCUT2D eigenvalue weighted by Crippen LogP contribution is -2.45. The number of anilines is 1. The fourth-order valence-electron chi connectivity index (χ4n) is 2.20. The summed E-state index contributed by atoms with van der Waals surface area (Å²) in [7, 11) is 0. The third-order valence-electron chi connectivity index (χ3n) is 3.31. The van der Waals surface area contributed by atoms with Gasteiger partial charge in [0.25, 0.3) is 5.91 Å². The van der Waals surface area contributed by atoms with Crippen LogP contribution in [0.2, 0.25) is 4.34 Å². The van der Waals surface area contributed by atoms with E-state index < -0.39 is 6.10 Å². The zero-order chi connectivity index (χ0) is 14.8. The van der Waals surface area contributed by atoms with Crippen molar-refractivity contribution in [2.75, 3.05) is 11.9 Å². The summed E-state index contributed by atoms with van der Waals surface area (Å²) in [6, 6.07) is 11.3. The minimum absolute atomic E-state index is 0.0872. The van der Waals surface area contributed by atoms with Crippen molar-refractivity contribution in [2.45, 2.75) is 19.1 Å². The van der Waals surface area contributed by atoms with Crippen molar-refractivity contribution >= 4 is 34.5 Å². The lowest BCUT2D eigenvalue weighted by molar-refractivity contribution is -0.128. The Hall–Kier alpha value is -1.72. The number of halogens is 1. The van der Waals surface area contributed by atoms with E-state index in [0.29, 0.717) is 12.3 Å². The van der Waals surface area contributed by atoms with Crippen molar-refractivity contribution < 1.29 is 9.53 Å². The maximum Gasteiger partial charge on any atom is 0.263 e. The van der Waals surface area contributed by atoms with Gasteiger partial charge in [-0.25, -0.2) is 0 Å². The Bertz CT molecular complexity index is 659. The average Bonchev–Trinajstić information content (AvgIpc) is 2.93. The van der Waals surface area contributed by atoms with Gasteiger partial charge in [0.15, 0.2) is 6.10 Å².